The fraction of sp³-hybridized carbons (Fsp3) is 0.900. The molecular formula is C10H20N2O3. The van der Waals surface area contributed by atoms with Crippen LogP contribution in [-0.2, 0) is 14.4 Å². The number of hydrogen-bond acceptors (Lipinski definition) is 4. The molecule has 0 saturated carbocycles. The van der Waals surface area contributed by atoms with Crippen molar-refractivity contribution < 1.29 is 14.4 Å². The molecule has 1 heterocycles. The number of amides is 1. The van der Waals surface area contributed by atoms with Crippen LogP contribution in [0.4, 0.5) is 0 Å². The maximum atomic E-state index is 11.4. The maximum absolute atomic E-state index is 11.4. The van der Waals surface area contributed by atoms with E-state index in [9.17, 15) is 4.79 Å². The third kappa shape index (κ3) is 4.59. The quantitative estimate of drug-likeness (QED) is 0.612. The van der Waals surface area contributed by atoms with Crippen LogP contribution < -0.4 is 0 Å². The largest absolute Gasteiger partial charge is 0.379 e. The SMILES string of the molecule is CON(C)C(=O)CCCN1CCOCC1. The zero-order valence-corrected chi connectivity index (χ0v) is 9.57. The summed E-state index contributed by atoms with van der Waals surface area (Å²) < 4.78 is 5.25. The first kappa shape index (κ1) is 12.4. The van der Waals surface area contributed by atoms with Crippen LogP contribution in [0.2, 0.25) is 0 Å². The summed E-state index contributed by atoms with van der Waals surface area (Å²) in [5, 5.41) is 1.28. The highest BCUT2D eigenvalue weighted by atomic mass is 16.7. The second-order valence-corrected chi connectivity index (χ2v) is 3.63. The number of morpholine rings is 1. The Morgan fingerprint density at radius 3 is 2.73 bits per heavy atom. The van der Waals surface area contributed by atoms with Crippen molar-refractivity contribution >= 4 is 5.91 Å². The summed E-state index contributed by atoms with van der Waals surface area (Å²) in [6, 6.07) is 0. The van der Waals surface area contributed by atoms with Crippen LogP contribution in [0, 0.1) is 0 Å². The summed E-state index contributed by atoms with van der Waals surface area (Å²) in [6.45, 7) is 4.55. The maximum Gasteiger partial charge on any atom is 0.245 e. The van der Waals surface area contributed by atoms with Gasteiger partial charge in [0.1, 0.15) is 0 Å². The normalized spacial score (nSPS) is 17.7. The lowest BCUT2D eigenvalue weighted by Crippen LogP contribution is -2.37. The average Bonchev–Trinajstić information content (AvgIpc) is 2.29. The molecule has 1 aliphatic heterocycles. The molecule has 1 amide bonds. The van der Waals surface area contributed by atoms with Crippen LogP contribution in [0.3, 0.4) is 0 Å². The molecule has 0 aromatic rings. The Labute approximate surface area is 90.9 Å². The summed E-state index contributed by atoms with van der Waals surface area (Å²) in [4.78, 5) is 18.5. The second-order valence-electron chi connectivity index (χ2n) is 3.63. The summed E-state index contributed by atoms with van der Waals surface area (Å²) in [5.41, 5.74) is 0. The molecule has 0 aromatic heterocycles. The van der Waals surface area contributed by atoms with Gasteiger partial charge in [0.25, 0.3) is 0 Å². The predicted molar refractivity (Wildman–Crippen MR) is 56.3 cm³/mol. The first-order valence-corrected chi connectivity index (χ1v) is 5.35. The third-order valence-corrected chi connectivity index (χ3v) is 2.59. The zero-order valence-electron chi connectivity index (χ0n) is 9.57. The Kier molecular flexibility index (Phi) is 5.60. The van der Waals surface area contributed by atoms with Crippen molar-refractivity contribution in [2.24, 2.45) is 0 Å². The highest BCUT2D eigenvalue weighted by Crippen LogP contribution is 2.01. The number of nitrogens with zero attached hydrogens (tertiary/aromatic N) is 2. The van der Waals surface area contributed by atoms with E-state index in [0.717, 1.165) is 39.3 Å². The summed E-state index contributed by atoms with van der Waals surface area (Å²) in [7, 11) is 3.14. The molecule has 0 N–H and O–H groups in total. The Balaban J connectivity index is 2.07. The fourth-order valence-corrected chi connectivity index (χ4v) is 1.54. The van der Waals surface area contributed by atoms with Gasteiger partial charge >= 0.3 is 0 Å². The molecule has 0 atom stereocenters. The van der Waals surface area contributed by atoms with Crippen LogP contribution in [0.1, 0.15) is 12.8 Å². The molecule has 15 heavy (non-hydrogen) atoms. The van der Waals surface area contributed by atoms with E-state index >= 15 is 0 Å². The zero-order chi connectivity index (χ0) is 11.1. The van der Waals surface area contributed by atoms with Gasteiger partial charge in [-0.15, -0.1) is 0 Å². The Hall–Kier alpha value is -0.650. The van der Waals surface area contributed by atoms with Crippen LogP contribution in [0.5, 0.6) is 0 Å². The number of carbonyl (C=O) groups excluding carboxylic acids is 1. The molecule has 0 unspecified atom stereocenters. The minimum atomic E-state index is 0.0331. The Morgan fingerprint density at radius 1 is 1.47 bits per heavy atom. The Bertz CT molecular complexity index is 193. The van der Waals surface area contributed by atoms with Crippen molar-refractivity contribution in [3.05, 3.63) is 0 Å². The molecule has 1 aliphatic rings. The van der Waals surface area contributed by atoms with Gasteiger partial charge in [-0.1, -0.05) is 0 Å². The van der Waals surface area contributed by atoms with Gasteiger partial charge in [0.2, 0.25) is 5.91 Å². The van der Waals surface area contributed by atoms with Crippen LogP contribution in [0.15, 0.2) is 0 Å². The van der Waals surface area contributed by atoms with Crippen molar-refractivity contribution in [1.29, 1.82) is 0 Å². The molecule has 1 saturated heterocycles. The predicted octanol–water partition coefficient (Wildman–Crippen LogP) is 0.119. The van der Waals surface area contributed by atoms with Crippen molar-refractivity contribution in [2.75, 3.05) is 47.0 Å². The summed E-state index contributed by atoms with van der Waals surface area (Å²) in [5.74, 6) is 0.0331. The van der Waals surface area contributed by atoms with E-state index in [1.165, 1.54) is 12.2 Å². The topological polar surface area (TPSA) is 42.0 Å². The molecule has 88 valence electrons. The van der Waals surface area contributed by atoms with Crippen molar-refractivity contribution in [1.82, 2.24) is 9.96 Å². The van der Waals surface area contributed by atoms with Gasteiger partial charge < -0.3 is 4.74 Å². The van der Waals surface area contributed by atoms with E-state index in [0.29, 0.717) is 6.42 Å². The molecule has 1 rings (SSSR count). The van der Waals surface area contributed by atoms with E-state index in [1.807, 2.05) is 0 Å². The average molecular weight is 216 g/mol. The summed E-state index contributed by atoms with van der Waals surface area (Å²) in [6.07, 6.45) is 1.42. The van der Waals surface area contributed by atoms with Crippen molar-refractivity contribution in [3.8, 4) is 0 Å². The van der Waals surface area contributed by atoms with Crippen LogP contribution in [-0.4, -0.2) is 62.9 Å². The Morgan fingerprint density at radius 2 is 2.13 bits per heavy atom. The van der Waals surface area contributed by atoms with Gasteiger partial charge in [0.15, 0.2) is 0 Å². The molecule has 0 aliphatic carbocycles. The standard InChI is InChI=1S/C10H20N2O3/c1-11(14-2)10(13)4-3-5-12-6-8-15-9-7-12/h3-9H2,1-2H3. The van der Waals surface area contributed by atoms with Gasteiger partial charge in [-0.25, -0.2) is 5.06 Å². The number of rotatable bonds is 5. The molecule has 0 bridgehead atoms. The molecule has 5 nitrogen and oxygen atoms in total. The van der Waals surface area contributed by atoms with Crippen LogP contribution >= 0.6 is 0 Å². The van der Waals surface area contributed by atoms with E-state index in [-0.39, 0.29) is 5.91 Å². The second kappa shape index (κ2) is 6.76. The number of carbonyl (C=O) groups is 1. The minimum absolute atomic E-state index is 0.0331. The molecule has 0 aromatic carbocycles. The first-order valence-electron chi connectivity index (χ1n) is 5.35. The lowest BCUT2D eigenvalue weighted by atomic mass is 10.2. The minimum Gasteiger partial charge on any atom is -0.379 e. The third-order valence-electron chi connectivity index (χ3n) is 2.59. The number of hydrogen-bond donors (Lipinski definition) is 0. The van der Waals surface area contributed by atoms with E-state index in [1.54, 1.807) is 7.05 Å². The lowest BCUT2D eigenvalue weighted by Gasteiger charge is -2.26. The smallest absolute Gasteiger partial charge is 0.245 e. The molecule has 1 fully saturated rings. The van der Waals surface area contributed by atoms with Gasteiger partial charge in [-0.05, 0) is 13.0 Å². The first-order chi connectivity index (χ1) is 7.24. The van der Waals surface area contributed by atoms with Crippen molar-refractivity contribution in [3.63, 3.8) is 0 Å². The molecule has 0 radical (unpaired) electrons. The van der Waals surface area contributed by atoms with Gasteiger partial charge in [-0.3, -0.25) is 14.5 Å². The summed E-state index contributed by atoms with van der Waals surface area (Å²) >= 11 is 0. The van der Waals surface area contributed by atoms with E-state index in [2.05, 4.69) is 4.90 Å². The van der Waals surface area contributed by atoms with Gasteiger partial charge in [0.05, 0.1) is 20.3 Å². The molecule has 0 spiro atoms. The van der Waals surface area contributed by atoms with Gasteiger partial charge in [0, 0.05) is 26.6 Å². The van der Waals surface area contributed by atoms with Crippen molar-refractivity contribution in [2.45, 2.75) is 12.8 Å². The lowest BCUT2D eigenvalue weighted by molar-refractivity contribution is -0.168. The van der Waals surface area contributed by atoms with E-state index in [4.69, 9.17) is 9.57 Å². The highest BCUT2D eigenvalue weighted by Gasteiger charge is 2.12. The fourth-order valence-electron chi connectivity index (χ4n) is 1.54. The number of hydroxylamine groups is 2. The van der Waals surface area contributed by atoms with Crippen LogP contribution in [0.25, 0.3) is 0 Å². The van der Waals surface area contributed by atoms with Gasteiger partial charge in [-0.2, -0.15) is 0 Å². The highest BCUT2D eigenvalue weighted by molar-refractivity contribution is 5.74. The molecule has 5 heteroatoms. The molecular weight excluding hydrogens is 196 g/mol. The number of ether oxygens (including phenoxy) is 1. The van der Waals surface area contributed by atoms with E-state index < -0.39 is 0 Å². The monoisotopic (exact) mass is 216 g/mol.